The molecule has 2 fully saturated rings. The fourth-order valence-corrected chi connectivity index (χ4v) is 8.47. The molecule has 6 aromatic heterocycles. The SMILES string of the molecule is Cc1nc(Cl)ncc1Cn1cc(C(=O)N[C@@H]2CCc3c2ncn3C)cn1.Cc1nc(N2CC3C(C2)C3(F)F)ncc1Cn1cc(C(=O)N[C@@H]2CCc3c2ncn3C)cn1. The van der Waals surface area contributed by atoms with Crippen molar-refractivity contribution in [1.29, 1.82) is 0 Å². The van der Waals surface area contributed by atoms with Crippen LogP contribution in [0.25, 0.3) is 0 Å². The summed E-state index contributed by atoms with van der Waals surface area (Å²) in [7, 11) is 3.94. The zero-order valence-electron chi connectivity index (χ0n) is 32.8. The molecule has 20 heteroatoms. The van der Waals surface area contributed by atoms with Crippen LogP contribution in [-0.2, 0) is 40.0 Å². The Morgan fingerprint density at radius 3 is 1.73 bits per heavy atom. The fourth-order valence-electron chi connectivity index (χ4n) is 8.30. The highest BCUT2D eigenvalue weighted by Crippen LogP contribution is 2.59. The summed E-state index contributed by atoms with van der Waals surface area (Å²) in [6.07, 6.45) is 17.0. The predicted octanol–water partition coefficient (Wildman–Crippen LogP) is 3.72. The molecule has 2 amide bonds. The first-order chi connectivity index (χ1) is 28.3. The molecule has 59 heavy (non-hydrogen) atoms. The van der Waals surface area contributed by atoms with E-state index in [2.05, 4.69) is 50.7 Å². The molecule has 10 rings (SSSR count). The number of piperidine rings is 1. The summed E-state index contributed by atoms with van der Waals surface area (Å²) in [6, 6.07) is -0.134. The Bertz CT molecular complexity index is 2560. The smallest absolute Gasteiger partial charge is 0.258 e. The zero-order valence-corrected chi connectivity index (χ0v) is 33.6. The summed E-state index contributed by atoms with van der Waals surface area (Å²) >= 11 is 5.78. The number of nitrogens with zero attached hydrogens (tertiary/aromatic N) is 13. The number of halogens is 3. The Morgan fingerprint density at radius 1 is 0.746 bits per heavy atom. The number of alkyl halides is 2. The van der Waals surface area contributed by atoms with E-state index in [0.29, 0.717) is 43.3 Å². The molecule has 1 saturated heterocycles. The number of rotatable bonds is 9. The molecule has 2 unspecified atom stereocenters. The maximum absolute atomic E-state index is 13.4. The maximum atomic E-state index is 13.4. The number of fused-ring (bicyclic) bond motifs is 3. The number of carbonyl (C=O) groups is 2. The summed E-state index contributed by atoms with van der Waals surface area (Å²) in [6.45, 7) is 5.23. The Hall–Kier alpha value is -6.11. The summed E-state index contributed by atoms with van der Waals surface area (Å²) in [5, 5.41) is 14.9. The number of aryl methyl sites for hydroxylation is 4. The average molecular weight is 826 g/mol. The molecular weight excluding hydrogens is 784 g/mol. The lowest BCUT2D eigenvalue weighted by molar-refractivity contribution is 0.0795. The van der Waals surface area contributed by atoms with Crippen molar-refractivity contribution in [2.75, 3.05) is 18.0 Å². The summed E-state index contributed by atoms with van der Waals surface area (Å²) in [5.41, 5.74) is 8.55. The first-order valence-corrected chi connectivity index (χ1v) is 19.8. The quantitative estimate of drug-likeness (QED) is 0.203. The van der Waals surface area contributed by atoms with Crippen LogP contribution in [0.15, 0.2) is 49.8 Å². The zero-order chi connectivity index (χ0) is 41.2. The summed E-state index contributed by atoms with van der Waals surface area (Å²) < 4.78 is 34.3. The van der Waals surface area contributed by atoms with Crippen LogP contribution in [0.4, 0.5) is 14.7 Å². The Morgan fingerprint density at radius 2 is 1.24 bits per heavy atom. The van der Waals surface area contributed by atoms with Gasteiger partial charge >= 0.3 is 0 Å². The van der Waals surface area contributed by atoms with Gasteiger partial charge in [0.15, 0.2) is 0 Å². The maximum Gasteiger partial charge on any atom is 0.258 e. The van der Waals surface area contributed by atoms with E-state index in [0.717, 1.165) is 65.3 Å². The molecule has 4 atom stereocenters. The molecule has 4 aliphatic rings. The molecule has 306 valence electrons. The van der Waals surface area contributed by atoms with E-state index in [9.17, 15) is 18.4 Å². The van der Waals surface area contributed by atoms with Crippen LogP contribution in [-0.4, -0.2) is 89.4 Å². The van der Waals surface area contributed by atoms with Crippen LogP contribution in [0.5, 0.6) is 0 Å². The van der Waals surface area contributed by atoms with Gasteiger partial charge in [-0.15, -0.1) is 0 Å². The molecule has 3 aliphatic carbocycles. The van der Waals surface area contributed by atoms with Gasteiger partial charge in [0.05, 0.1) is 84.6 Å². The van der Waals surface area contributed by atoms with Crippen LogP contribution < -0.4 is 15.5 Å². The van der Waals surface area contributed by atoms with Crippen molar-refractivity contribution < 1.29 is 18.4 Å². The second kappa shape index (κ2) is 14.9. The molecule has 0 radical (unpaired) electrons. The Kier molecular flexibility index (Phi) is 9.72. The van der Waals surface area contributed by atoms with Gasteiger partial charge in [-0.1, -0.05) is 0 Å². The van der Waals surface area contributed by atoms with Crippen molar-refractivity contribution in [2.45, 2.75) is 70.6 Å². The van der Waals surface area contributed by atoms with Gasteiger partial charge in [-0.05, 0) is 51.1 Å². The highest BCUT2D eigenvalue weighted by atomic mass is 35.5. The number of carbonyl (C=O) groups excluding carboxylic acids is 2. The van der Waals surface area contributed by atoms with E-state index < -0.39 is 17.8 Å². The molecule has 7 heterocycles. The van der Waals surface area contributed by atoms with Crippen LogP contribution in [0.2, 0.25) is 5.28 Å². The van der Waals surface area contributed by atoms with Gasteiger partial charge in [-0.2, -0.15) is 10.2 Å². The minimum absolute atomic E-state index is 0.0473. The second-order valence-corrected chi connectivity index (χ2v) is 16.0. The van der Waals surface area contributed by atoms with E-state index in [1.54, 1.807) is 59.2 Å². The van der Waals surface area contributed by atoms with Crippen LogP contribution >= 0.6 is 11.6 Å². The van der Waals surface area contributed by atoms with Crippen LogP contribution in [0.3, 0.4) is 0 Å². The summed E-state index contributed by atoms with van der Waals surface area (Å²) in [4.78, 5) is 53.0. The predicted molar refractivity (Wildman–Crippen MR) is 209 cm³/mol. The number of nitrogens with one attached hydrogen (secondary N) is 2. The van der Waals surface area contributed by atoms with E-state index in [4.69, 9.17) is 11.6 Å². The highest BCUT2D eigenvalue weighted by molar-refractivity contribution is 6.28. The van der Waals surface area contributed by atoms with Crippen molar-refractivity contribution in [2.24, 2.45) is 25.9 Å². The number of hydrogen-bond donors (Lipinski definition) is 2. The van der Waals surface area contributed by atoms with E-state index in [-0.39, 0.29) is 29.2 Å². The number of anilines is 1. The van der Waals surface area contributed by atoms with E-state index in [1.807, 2.05) is 42.0 Å². The number of aromatic nitrogens is 12. The van der Waals surface area contributed by atoms with Gasteiger partial charge in [-0.3, -0.25) is 19.0 Å². The largest absolute Gasteiger partial charge is 0.343 e. The number of amides is 2. The third-order valence-electron chi connectivity index (χ3n) is 11.9. The van der Waals surface area contributed by atoms with E-state index in [1.165, 1.54) is 5.69 Å². The topological polar surface area (TPSA) is 184 Å². The van der Waals surface area contributed by atoms with Gasteiger partial charge in [0.1, 0.15) is 0 Å². The minimum Gasteiger partial charge on any atom is -0.343 e. The minimum atomic E-state index is -2.52. The van der Waals surface area contributed by atoms with Crippen LogP contribution in [0, 0.1) is 25.7 Å². The van der Waals surface area contributed by atoms with Crippen molar-refractivity contribution in [3.63, 3.8) is 0 Å². The normalized spacial score (nSPS) is 20.8. The third kappa shape index (κ3) is 7.42. The first kappa shape index (κ1) is 38.4. The molecule has 17 nitrogen and oxygen atoms in total. The van der Waals surface area contributed by atoms with E-state index >= 15 is 0 Å². The molecule has 2 N–H and O–H groups in total. The Labute approximate surface area is 342 Å². The number of hydrogen-bond acceptors (Lipinski definition) is 11. The highest BCUT2D eigenvalue weighted by Gasteiger charge is 2.72. The summed E-state index contributed by atoms with van der Waals surface area (Å²) in [5.74, 6) is -3.49. The fraction of sp³-hybridized carbons (Fsp3) is 0.436. The van der Waals surface area contributed by atoms with Crippen molar-refractivity contribution in [3.05, 3.63) is 112 Å². The van der Waals surface area contributed by atoms with Gasteiger partial charge in [-0.25, -0.2) is 38.7 Å². The van der Waals surface area contributed by atoms with Crippen LogP contribution in [0.1, 0.15) is 90.9 Å². The molecular formula is C39H42ClF2N15O2. The van der Waals surface area contributed by atoms with Gasteiger partial charge in [0.2, 0.25) is 11.2 Å². The van der Waals surface area contributed by atoms with Gasteiger partial charge < -0.3 is 24.7 Å². The molecule has 0 spiro atoms. The second-order valence-electron chi connectivity index (χ2n) is 15.7. The van der Waals surface area contributed by atoms with Crippen molar-refractivity contribution in [3.8, 4) is 0 Å². The molecule has 0 bridgehead atoms. The number of imidazole rings is 2. The molecule has 1 saturated carbocycles. The van der Waals surface area contributed by atoms with Crippen molar-refractivity contribution >= 4 is 29.4 Å². The lowest BCUT2D eigenvalue weighted by Crippen LogP contribution is -2.29. The first-order valence-electron chi connectivity index (χ1n) is 19.4. The average Bonchev–Trinajstić information content (AvgIpc) is 4.02. The van der Waals surface area contributed by atoms with Gasteiger partial charge in [0.25, 0.3) is 17.7 Å². The monoisotopic (exact) mass is 825 g/mol. The lowest BCUT2D eigenvalue weighted by Gasteiger charge is -2.20. The Balaban J connectivity index is 0.000000157. The van der Waals surface area contributed by atoms with Gasteiger partial charge in [0, 0.05) is 85.9 Å². The molecule has 6 aromatic rings. The standard InChI is InChI=1S/C22H24F2N8O.C17H18ClN7O/c1-12-13(5-25-21(28-12)31-9-15-16(10-31)22(15,23)24)7-32-8-14(6-27-32)20(33)29-17-3-4-18-19(17)26-11-30(18)2;1-10-11(5-19-17(18)22-10)7-25-8-12(6-21-25)16(26)23-13-3-4-14-15(13)20-9-24(14)2/h5-6,8,11,15-17H,3-4,7,9-10H2,1-2H3,(H,29,33);5-6,8-9,13H,3-4,7H2,1-2H3,(H,23,26)/t15?,16?,17-;13-/m11/s1. The molecule has 0 aromatic carbocycles. The molecule has 1 aliphatic heterocycles. The lowest BCUT2D eigenvalue weighted by atomic mass is 10.2. The van der Waals surface area contributed by atoms with Crippen molar-refractivity contribution in [1.82, 2.24) is 69.2 Å². The third-order valence-corrected chi connectivity index (χ3v) is 12.0.